The van der Waals surface area contributed by atoms with Gasteiger partial charge in [-0.3, -0.25) is 0 Å². The van der Waals surface area contributed by atoms with Gasteiger partial charge in [-0.2, -0.15) is 4.31 Å². The molecule has 1 aromatic heterocycles. The van der Waals surface area contributed by atoms with Crippen LogP contribution in [0.25, 0.3) is 0 Å². The quantitative estimate of drug-likeness (QED) is 0.878. The molecule has 1 atom stereocenters. The first kappa shape index (κ1) is 15.5. The average molecular weight is 320 g/mol. The fourth-order valence-electron chi connectivity index (χ4n) is 2.27. The monoisotopic (exact) mass is 319 g/mol. The Morgan fingerprint density at radius 1 is 1.55 bits per heavy atom. The van der Waals surface area contributed by atoms with E-state index in [1.807, 2.05) is 0 Å². The normalized spacial score (nSPS) is 24.6. The largest absolute Gasteiger partial charge is 0.389 e. The summed E-state index contributed by atoms with van der Waals surface area (Å²) in [6.07, 6.45) is 2.50. The van der Waals surface area contributed by atoms with Crippen LogP contribution >= 0.6 is 11.6 Å². The van der Waals surface area contributed by atoms with E-state index < -0.39 is 15.6 Å². The predicted octanol–water partition coefficient (Wildman–Crippen LogP) is 1.31. The van der Waals surface area contributed by atoms with E-state index in [-0.39, 0.29) is 16.5 Å². The van der Waals surface area contributed by atoms with E-state index in [9.17, 15) is 13.5 Å². The number of pyridine rings is 1. The highest BCUT2D eigenvalue weighted by Crippen LogP contribution is 2.28. The maximum atomic E-state index is 12.5. The Morgan fingerprint density at radius 2 is 2.25 bits per heavy atom. The average Bonchev–Trinajstić information content (AvgIpc) is 2.37. The standard InChI is InChI=1S/C12H18ClN3O3S/c1-12(17)4-3-5-16(8-12)20(18,19)9-6-10(13)11(14-2)15-7-9/h6-7,17H,3-5,8H2,1-2H3,(H,14,15). The van der Waals surface area contributed by atoms with Crippen molar-refractivity contribution in [1.82, 2.24) is 9.29 Å². The van der Waals surface area contributed by atoms with Gasteiger partial charge >= 0.3 is 0 Å². The minimum Gasteiger partial charge on any atom is -0.389 e. The fraction of sp³-hybridized carbons (Fsp3) is 0.583. The van der Waals surface area contributed by atoms with E-state index in [0.29, 0.717) is 25.2 Å². The van der Waals surface area contributed by atoms with E-state index in [0.717, 1.165) is 0 Å². The molecule has 0 aromatic carbocycles. The molecule has 0 amide bonds. The molecule has 112 valence electrons. The van der Waals surface area contributed by atoms with Crippen LogP contribution in [0.2, 0.25) is 5.02 Å². The number of hydrogen-bond acceptors (Lipinski definition) is 5. The summed E-state index contributed by atoms with van der Waals surface area (Å²) in [5.41, 5.74) is -0.993. The Balaban J connectivity index is 2.33. The number of aromatic nitrogens is 1. The third-order valence-electron chi connectivity index (χ3n) is 3.33. The number of β-amino-alcohol motifs (C(OH)–C–C–N with tert-alkyl or cyclic N) is 1. The second-order valence-corrected chi connectivity index (χ2v) is 7.54. The zero-order valence-electron chi connectivity index (χ0n) is 11.4. The number of piperidine rings is 1. The Hall–Kier alpha value is -0.890. The molecule has 20 heavy (non-hydrogen) atoms. The van der Waals surface area contributed by atoms with Gasteiger partial charge in [0, 0.05) is 26.3 Å². The van der Waals surface area contributed by atoms with E-state index in [1.165, 1.54) is 16.6 Å². The van der Waals surface area contributed by atoms with Crippen molar-refractivity contribution in [2.45, 2.75) is 30.3 Å². The fourth-order valence-corrected chi connectivity index (χ4v) is 4.17. The molecule has 2 heterocycles. The van der Waals surface area contributed by atoms with Gasteiger partial charge in [0.2, 0.25) is 10.0 Å². The SMILES string of the molecule is CNc1ncc(S(=O)(=O)N2CCCC(C)(O)C2)cc1Cl. The van der Waals surface area contributed by atoms with Gasteiger partial charge in [-0.25, -0.2) is 13.4 Å². The molecule has 1 aliphatic heterocycles. The molecule has 2 N–H and O–H groups in total. The van der Waals surface area contributed by atoms with Crippen LogP contribution in [0.4, 0.5) is 5.82 Å². The number of hydrogen-bond donors (Lipinski definition) is 2. The molecular weight excluding hydrogens is 302 g/mol. The maximum absolute atomic E-state index is 12.5. The first-order valence-corrected chi connectivity index (χ1v) is 8.14. The van der Waals surface area contributed by atoms with E-state index in [1.54, 1.807) is 14.0 Å². The number of rotatable bonds is 3. The Bertz CT molecular complexity index is 604. The van der Waals surface area contributed by atoms with Gasteiger partial charge in [0.05, 0.1) is 10.6 Å². The Morgan fingerprint density at radius 3 is 2.80 bits per heavy atom. The minimum absolute atomic E-state index is 0.0409. The van der Waals surface area contributed by atoms with Crippen molar-refractivity contribution in [3.8, 4) is 0 Å². The lowest BCUT2D eigenvalue weighted by Gasteiger charge is -2.35. The molecule has 0 saturated carbocycles. The van der Waals surface area contributed by atoms with Crippen molar-refractivity contribution in [1.29, 1.82) is 0 Å². The number of anilines is 1. The van der Waals surface area contributed by atoms with Gasteiger partial charge in [-0.05, 0) is 25.8 Å². The lowest BCUT2D eigenvalue weighted by molar-refractivity contribution is 0.00939. The molecular formula is C12H18ClN3O3S. The number of halogens is 1. The van der Waals surface area contributed by atoms with Crippen molar-refractivity contribution in [3.63, 3.8) is 0 Å². The Labute approximate surface area is 123 Å². The van der Waals surface area contributed by atoms with Crippen molar-refractivity contribution >= 4 is 27.4 Å². The first-order valence-electron chi connectivity index (χ1n) is 6.32. The first-order chi connectivity index (χ1) is 9.26. The maximum Gasteiger partial charge on any atom is 0.244 e. The summed E-state index contributed by atoms with van der Waals surface area (Å²) < 4.78 is 26.3. The molecule has 0 aliphatic carbocycles. The van der Waals surface area contributed by atoms with Crippen molar-refractivity contribution < 1.29 is 13.5 Å². The molecule has 6 nitrogen and oxygen atoms in total. The van der Waals surface area contributed by atoms with Gasteiger partial charge in [-0.1, -0.05) is 11.6 Å². The van der Waals surface area contributed by atoms with Crippen LogP contribution in [0.15, 0.2) is 17.2 Å². The van der Waals surface area contributed by atoms with Crippen LogP contribution in [0.5, 0.6) is 0 Å². The lowest BCUT2D eigenvalue weighted by atomic mass is 9.97. The zero-order chi connectivity index (χ0) is 15.0. The summed E-state index contributed by atoms with van der Waals surface area (Å²) in [4.78, 5) is 4.02. The van der Waals surface area contributed by atoms with Gasteiger partial charge in [-0.15, -0.1) is 0 Å². The van der Waals surface area contributed by atoms with Crippen LogP contribution in [0.1, 0.15) is 19.8 Å². The smallest absolute Gasteiger partial charge is 0.244 e. The summed E-state index contributed by atoms with van der Waals surface area (Å²) in [5.74, 6) is 0.427. The molecule has 0 spiro atoms. The number of aliphatic hydroxyl groups is 1. The van der Waals surface area contributed by atoms with Gasteiger partial charge in [0.1, 0.15) is 10.7 Å². The minimum atomic E-state index is -3.68. The van der Waals surface area contributed by atoms with E-state index in [4.69, 9.17) is 11.6 Å². The third kappa shape index (κ3) is 3.06. The second kappa shape index (κ2) is 5.48. The third-order valence-corrected chi connectivity index (χ3v) is 5.43. The predicted molar refractivity (Wildman–Crippen MR) is 77.4 cm³/mol. The van der Waals surface area contributed by atoms with Crippen LogP contribution in [0.3, 0.4) is 0 Å². The summed E-state index contributed by atoms with van der Waals surface area (Å²) in [6.45, 7) is 2.12. The van der Waals surface area contributed by atoms with E-state index >= 15 is 0 Å². The molecule has 1 aliphatic rings. The molecule has 0 bridgehead atoms. The highest BCUT2D eigenvalue weighted by molar-refractivity contribution is 7.89. The lowest BCUT2D eigenvalue weighted by Crippen LogP contribution is -2.48. The highest BCUT2D eigenvalue weighted by Gasteiger charge is 2.35. The van der Waals surface area contributed by atoms with Gasteiger partial charge in [0.15, 0.2) is 0 Å². The van der Waals surface area contributed by atoms with Crippen molar-refractivity contribution in [3.05, 3.63) is 17.3 Å². The zero-order valence-corrected chi connectivity index (χ0v) is 13.0. The molecule has 1 unspecified atom stereocenters. The van der Waals surface area contributed by atoms with Crippen LogP contribution < -0.4 is 5.32 Å². The van der Waals surface area contributed by atoms with Crippen LogP contribution in [-0.2, 0) is 10.0 Å². The number of nitrogens with zero attached hydrogens (tertiary/aromatic N) is 2. The van der Waals surface area contributed by atoms with Gasteiger partial charge < -0.3 is 10.4 Å². The molecule has 1 fully saturated rings. The van der Waals surface area contributed by atoms with E-state index in [2.05, 4.69) is 10.3 Å². The highest BCUT2D eigenvalue weighted by atomic mass is 35.5. The summed E-state index contributed by atoms with van der Waals surface area (Å²) in [5, 5.41) is 13.1. The molecule has 1 saturated heterocycles. The van der Waals surface area contributed by atoms with Crippen molar-refractivity contribution in [2.75, 3.05) is 25.5 Å². The van der Waals surface area contributed by atoms with Gasteiger partial charge in [0.25, 0.3) is 0 Å². The summed E-state index contributed by atoms with van der Waals surface area (Å²) in [6, 6.07) is 1.37. The Kier molecular flexibility index (Phi) is 4.24. The molecule has 1 aromatic rings. The number of sulfonamides is 1. The van der Waals surface area contributed by atoms with Crippen molar-refractivity contribution in [2.24, 2.45) is 0 Å². The number of nitrogens with one attached hydrogen (secondary N) is 1. The molecule has 2 rings (SSSR count). The van der Waals surface area contributed by atoms with Crippen LogP contribution in [0, 0.1) is 0 Å². The molecule has 8 heteroatoms. The second-order valence-electron chi connectivity index (χ2n) is 5.19. The summed E-state index contributed by atoms with van der Waals surface area (Å²) in [7, 11) is -2.02. The topological polar surface area (TPSA) is 82.5 Å². The summed E-state index contributed by atoms with van der Waals surface area (Å²) >= 11 is 5.97. The molecule has 0 radical (unpaired) electrons. The van der Waals surface area contributed by atoms with Crippen LogP contribution in [-0.4, -0.2) is 48.6 Å².